The predicted molar refractivity (Wildman–Crippen MR) is 62.4 cm³/mol. The van der Waals surface area contributed by atoms with Crippen LogP contribution in [0.4, 0.5) is 0 Å². The number of carbonyl (C=O) groups is 1. The summed E-state index contributed by atoms with van der Waals surface area (Å²) >= 11 is 0. The molecule has 0 amide bonds. The van der Waals surface area contributed by atoms with E-state index in [9.17, 15) is 4.79 Å². The number of methoxy groups -OCH3 is 1. The van der Waals surface area contributed by atoms with Gasteiger partial charge in [-0.2, -0.15) is 0 Å². The highest BCUT2D eigenvalue weighted by molar-refractivity contribution is 5.76. The highest BCUT2D eigenvalue weighted by Crippen LogP contribution is 2.15. The van der Waals surface area contributed by atoms with Gasteiger partial charge in [0.2, 0.25) is 0 Å². The molecule has 0 saturated carbocycles. The lowest BCUT2D eigenvalue weighted by Gasteiger charge is -2.10. The van der Waals surface area contributed by atoms with Gasteiger partial charge in [0.15, 0.2) is 0 Å². The minimum Gasteiger partial charge on any atom is -0.468 e. The number of rotatable bonds is 4. The van der Waals surface area contributed by atoms with Crippen LogP contribution in [-0.2, 0) is 20.9 Å². The Bertz CT molecular complexity index is 366. The summed E-state index contributed by atoms with van der Waals surface area (Å²) in [7, 11) is 1.38. The molecule has 1 aliphatic heterocycles. The van der Waals surface area contributed by atoms with Crippen LogP contribution in [0.15, 0.2) is 30.3 Å². The van der Waals surface area contributed by atoms with Crippen LogP contribution in [0.2, 0.25) is 0 Å². The summed E-state index contributed by atoms with van der Waals surface area (Å²) in [4.78, 5) is 11.3. The molecular formula is C13H16NO3. The van der Waals surface area contributed by atoms with Crippen molar-refractivity contribution < 1.29 is 14.3 Å². The highest BCUT2D eigenvalue weighted by atomic mass is 16.5. The van der Waals surface area contributed by atoms with Crippen LogP contribution in [0.25, 0.3) is 0 Å². The third-order valence-electron chi connectivity index (χ3n) is 2.82. The lowest BCUT2D eigenvalue weighted by atomic mass is 10.2. The fourth-order valence-corrected chi connectivity index (χ4v) is 1.86. The summed E-state index contributed by atoms with van der Waals surface area (Å²) in [5.74, 6) is -0.268. The van der Waals surface area contributed by atoms with Crippen molar-refractivity contribution in [2.24, 2.45) is 0 Å². The van der Waals surface area contributed by atoms with Crippen LogP contribution in [0.1, 0.15) is 12.0 Å². The number of carbonyl (C=O) groups excluding carboxylic acids is 1. The minimum atomic E-state index is -0.347. The first-order valence-corrected chi connectivity index (χ1v) is 5.69. The predicted octanol–water partition coefficient (Wildman–Crippen LogP) is 1.12. The maximum Gasteiger partial charge on any atom is 0.324 e. The van der Waals surface area contributed by atoms with Crippen molar-refractivity contribution in [2.45, 2.75) is 25.2 Å². The Labute approximate surface area is 101 Å². The average Bonchev–Trinajstić information content (AvgIpc) is 2.85. The van der Waals surface area contributed by atoms with Gasteiger partial charge < -0.3 is 9.47 Å². The Morgan fingerprint density at radius 3 is 2.88 bits per heavy atom. The molecule has 1 heterocycles. The van der Waals surface area contributed by atoms with Gasteiger partial charge in [0.05, 0.1) is 19.8 Å². The summed E-state index contributed by atoms with van der Waals surface area (Å²) in [5.41, 5.74) is 1.13. The molecule has 0 aliphatic carbocycles. The summed E-state index contributed by atoms with van der Waals surface area (Å²) < 4.78 is 10.4. The zero-order valence-corrected chi connectivity index (χ0v) is 9.83. The Kier molecular flexibility index (Phi) is 4.12. The standard InChI is InChI=1S/C13H16NO3/c1-16-13(15)12-7-11(8-14-12)17-9-10-5-3-2-4-6-10/h2-6,11-12H,7-9H2,1H3. The van der Waals surface area contributed by atoms with Crippen molar-refractivity contribution in [3.05, 3.63) is 35.9 Å². The first kappa shape index (κ1) is 12.1. The molecule has 2 rings (SSSR count). The van der Waals surface area contributed by atoms with E-state index in [-0.39, 0.29) is 18.1 Å². The second-order valence-corrected chi connectivity index (χ2v) is 4.06. The number of hydrogen-bond donors (Lipinski definition) is 0. The Hall–Kier alpha value is -1.39. The Morgan fingerprint density at radius 1 is 1.41 bits per heavy atom. The third kappa shape index (κ3) is 3.28. The van der Waals surface area contributed by atoms with Crippen molar-refractivity contribution >= 4 is 5.97 Å². The molecule has 1 aliphatic rings. The van der Waals surface area contributed by atoms with Crippen LogP contribution in [-0.4, -0.2) is 31.8 Å². The monoisotopic (exact) mass is 234 g/mol. The number of benzene rings is 1. The molecule has 0 N–H and O–H groups in total. The normalized spacial score (nSPS) is 23.6. The number of nitrogens with zero attached hydrogens (tertiary/aromatic N) is 1. The molecule has 4 heteroatoms. The van der Waals surface area contributed by atoms with E-state index in [4.69, 9.17) is 4.74 Å². The van der Waals surface area contributed by atoms with E-state index >= 15 is 0 Å². The average molecular weight is 234 g/mol. The molecule has 1 aromatic carbocycles. The summed E-state index contributed by atoms with van der Waals surface area (Å²) in [6.07, 6.45) is 0.652. The van der Waals surface area contributed by atoms with Gasteiger partial charge in [0.1, 0.15) is 6.04 Å². The van der Waals surface area contributed by atoms with Crippen LogP contribution < -0.4 is 5.32 Å². The quantitative estimate of drug-likeness (QED) is 0.733. The number of hydrogen-bond acceptors (Lipinski definition) is 3. The Balaban J connectivity index is 1.77. The van der Waals surface area contributed by atoms with Gasteiger partial charge in [-0.1, -0.05) is 30.3 Å². The zero-order chi connectivity index (χ0) is 12.1. The van der Waals surface area contributed by atoms with Gasteiger partial charge in [-0.25, -0.2) is 5.32 Å². The van der Waals surface area contributed by atoms with Crippen molar-refractivity contribution in [1.29, 1.82) is 0 Å². The highest BCUT2D eigenvalue weighted by Gasteiger charge is 2.31. The molecule has 2 unspecified atom stereocenters. The third-order valence-corrected chi connectivity index (χ3v) is 2.82. The molecule has 1 saturated heterocycles. The topological polar surface area (TPSA) is 49.6 Å². The lowest BCUT2D eigenvalue weighted by Crippen LogP contribution is -2.26. The lowest BCUT2D eigenvalue weighted by molar-refractivity contribution is -0.143. The molecule has 17 heavy (non-hydrogen) atoms. The molecule has 0 aromatic heterocycles. The van der Waals surface area contributed by atoms with E-state index in [1.165, 1.54) is 7.11 Å². The molecule has 0 spiro atoms. The fraction of sp³-hybridized carbons (Fsp3) is 0.462. The van der Waals surface area contributed by atoms with Crippen molar-refractivity contribution in [3.63, 3.8) is 0 Å². The van der Waals surface area contributed by atoms with Gasteiger partial charge in [-0.05, 0) is 5.56 Å². The maximum atomic E-state index is 11.3. The van der Waals surface area contributed by atoms with Crippen molar-refractivity contribution in [3.8, 4) is 0 Å². The largest absolute Gasteiger partial charge is 0.468 e. The first-order valence-electron chi connectivity index (χ1n) is 5.69. The van der Waals surface area contributed by atoms with Crippen LogP contribution in [0.3, 0.4) is 0 Å². The van der Waals surface area contributed by atoms with E-state index < -0.39 is 0 Å². The summed E-state index contributed by atoms with van der Waals surface area (Å²) in [5, 5.41) is 4.20. The summed E-state index contributed by atoms with van der Waals surface area (Å²) in [6.45, 7) is 1.14. The van der Waals surface area contributed by atoms with Gasteiger partial charge in [0.25, 0.3) is 0 Å². The van der Waals surface area contributed by atoms with Crippen LogP contribution in [0.5, 0.6) is 0 Å². The molecule has 91 valence electrons. The van der Waals surface area contributed by atoms with E-state index in [1.54, 1.807) is 0 Å². The molecule has 0 bridgehead atoms. The zero-order valence-electron chi connectivity index (χ0n) is 9.83. The molecular weight excluding hydrogens is 218 g/mol. The van der Waals surface area contributed by atoms with E-state index in [0.717, 1.165) is 5.56 Å². The second-order valence-electron chi connectivity index (χ2n) is 4.06. The van der Waals surface area contributed by atoms with E-state index in [2.05, 4.69) is 10.1 Å². The van der Waals surface area contributed by atoms with Crippen LogP contribution in [0, 0.1) is 0 Å². The molecule has 1 fully saturated rings. The van der Waals surface area contributed by atoms with Gasteiger partial charge in [-0.15, -0.1) is 0 Å². The van der Waals surface area contributed by atoms with Gasteiger partial charge in [0, 0.05) is 13.0 Å². The SMILES string of the molecule is COC(=O)C1CC(OCc2ccccc2)C[N]1. The van der Waals surface area contributed by atoms with E-state index in [1.807, 2.05) is 30.3 Å². The molecule has 1 radical (unpaired) electrons. The van der Waals surface area contributed by atoms with Gasteiger partial charge >= 0.3 is 5.97 Å². The van der Waals surface area contributed by atoms with E-state index in [0.29, 0.717) is 19.6 Å². The summed E-state index contributed by atoms with van der Waals surface area (Å²) in [6, 6.07) is 9.63. The Morgan fingerprint density at radius 2 is 2.18 bits per heavy atom. The number of ether oxygens (including phenoxy) is 2. The minimum absolute atomic E-state index is 0.0271. The van der Waals surface area contributed by atoms with Gasteiger partial charge in [-0.3, -0.25) is 4.79 Å². The first-order chi connectivity index (χ1) is 8.29. The number of esters is 1. The molecule has 2 atom stereocenters. The maximum absolute atomic E-state index is 11.3. The smallest absolute Gasteiger partial charge is 0.324 e. The van der Waals surface area contributed by atoms with Crippen molar-refractivity contribution in [2.75, 3.05) is 13.7 Å². The fourth-order valence-electron chi connectivity index (χ4n) is 1.86. The van der Waals surface area contributed by atoms with Crippen molar-refractivity contribution in [1.82, 2.24) is 5.32 Å². The molecule has 4 nitrogen and oxygen atoms in total. The van der Waals surface area contributed by atoms with Crippen LogP contribution >= 0.6 is 0 Å². The second kappa shape index (κ2) is 5.80. The molecule has 1 aromatic rings.